The Morgan fingerprint density at radius 3 is 2.55 bits per heavy atom. The Morgan fingerprint density at radius 2 is 1.90 bits per heavy atom. The van der Waals surface area contributed by atoms with Gasteiger partial charge < -0.3 is 18.4 Å². The number of hydrogen-bond acceptors (Lipinski definition) is 7. The van der Waals surface area contributed by atoms with Crippen LogP contribution in [0.2, 0.25) is 0 Å². The van der Waals surface area contributed by atoms with E-state index in [1.165, 1.54) is 17.4 Å². The number of nitrogens with zero attached hydrogens (tertiary/aromatic N) is 2. The molecule has 3 heterocycles. The lowest BCUT2D eigenvalue weighted by molar-refractivity contribution is 0.178. The van der Waals surface area contributed by atoms with Gasteiger partial charge in [0.25, 0.3) is 0 Å². The van der Waals surface area contributed by atoms with Crippen molar-refractivity contribution in [3.63, 3.8) is 0 Å². The molecule has 0 bridgehead atoms. The molecule has 0 N–H and O–H groups in total. The van der Waals surface area contributed by atoms with Crippen molar-refractivity contribution in [3.8, 4) is 5.75 Å². The largest absolute Gasteiger partial charge is 0.598 e. The van der Waals surface area contributed by atoms with Gasteiger partial charge in [0.05, 0.1) is 19.8 Å². The van der Waals surface area contributed by atoms with Crippen LogP contribution in [-0.4, -0.2) is 52.9 Å². The molecule has 0 radical (unpaired) electrons. The van der Waals surface area contributed by atoms with Gasteiger partial charge >= 0.3 is 0 Å². The molecule has 1 aromatic carbocycles. The Hall–Kier alpha value is -1.84. The molecule has 1 atom stereocenters. The van der Waals surface area contributed by atoms with Gasteiger partial charge in [0, 0.05) is 50.7 Å². The molecule has 0 spiro atoms. The van der Waals surface area contributed by atoms with Crippen LogP contribution in [0.25, 0.3) is 0 Å². The summed E-state index contributed by atoms with van der Waals surface area (Å²) in [6, 6.07) is 9.94. The van der Waals surface area contributed by atoms with Gasteiger partial charge in [-0.1, -0.05) is 24.3 Å². The van der Waals surface area contributed by atoms with E-state index in [0.29, 0.717) is 37.2 Å². The summed E-state index contributed by atoms with van der Waals surface area (Å²) in [5.74, 6) is 1.80. The molecule has 8 heteroatoms. The summed E-state index contributed by atoms with van der Waals surface area (Å²) in [6.07, 6.45) is 3.24. The predicted octanol–water partition coefficient (Wildman–Crippen LogP) is 2.56. The molecule has 168 valence electrons. The van der Waals surface area contributed by atoms with Gasteiger partial charge in [-0.2, -0.15) is 0 Å². The Bertz CT molecular complexity index is 888. The van der Waals surface area contributed by atoms with E-state index in [9.17, 15) is 9.35 Å². The van der Waals surface area contributed by atoms with Gasteiger partial charge in [0.2, 0.25) is 11.2 Å². The van der Waals surface area contributed by atoms with Crippen molar-refractivity contribution in [3.05, 3.63) is 63.7 Å². The SMILES string of the molecule is COCC[S+]([O-])N1CCC(COc2coc(CN3Cc4ccccc4C3)cc2=O)CC1. The van der Waals surface area contributed by atoms with Crippen molar-refractivity contribution in [1.82, 2.24) is 9.21 Å². The second-order valence-corrected chi connectivity index (χ2v) is 9.76. The molecule has 1 aromatic heterocycles. The smallest absolute Gasteiger partial charge is 0.227 e. The summed E-state index contributed by atoms with van der Waals surface area (Å²) >= 11 is -0.984. The molecule has 31 heavy (non-hydrogen) atoms. The Kier molecular flexibility index (Phi) is 7.68. The maximum Gasteiger partial charge on any atom is 0.227 e. The Morgan fingerprint density at radius 1 is 1.19 bits per heavy atom. The van der Waals surface area contributed by atoms with Gasteiger partial charge in [0.1, 0.15) is 17.8 Å². The fraction of sp³-hybridized carbons (Fsp3) is 0.522. The lowest BCUT2D eigenvalue weighted by Crippen LogP contribution is -2.41. The lowest BCUT2D eigenvalue weighted by Gasteiger charge is -2.31. The molecular weight excluding hydrogens is 416 g/mol. The Balaban J connectivity index is 1.23. The quantitative estimate of drug-likeness (QED) is 0.548. The molecule has 1 saturated heterocycles. The maximum absolute atomic E-state index is 12.5. The highest BCUT2D eigenvalue weighted by Gasteiger charge is 2.27. The summed E-state index contributed by atoms with van der Waals surface area (Å²) in [4.78, 5) is 14.7. The minimum Gasteiger partial charge on any atom is -0.598 e. The zero-order chi connectivity index (χ0) is 21.6. The fourth-order valence-corrected chi connectivity index (χ4v) is 5.32. The minimum atomic E-state index is -0.984. The monoisotopic (exact) mass is 446 g/mol. The van der Waals surface area contributed by atoms with E-state index in [0.717, 1.165) is 39.0 Å². The topological polar surface area (TPSA) is 78.2 Å². The molecular formula is C23H30N2O5S. The second-order valence-electron chi connectivity index (χ2n) is 8.19. The highest BCUT2D eigenvalue weighted by atomic mass is 32.2. The number of rotatable bonds is 9. The van der Waals surface area contributed by atoms with E-state index < -0.39 is 11.4 Å². The van der Waals surface area contributed by atoms with Crippen molar-refractivity contribution in [1.29, 1.82) is 0 Å². The van der Waals surface area contributed by atoms with Crippen LogP contribution in [0.5, 0.6) is 5.75 Å². The third kappa shape index (κ3) is 5.90. The Labute approximate surface area is 186 Å². The van der Waals surface area contributed by atoms with Crippen LogP contribution in [0.3, 0.4) is 0 Å². The first kappa shape index (κ1) is 22.4. The van der Waals surface area contributed by atoms with Gasteiger partial charge in [0.15, 0.2) is 0 Å². The summed E-state index contributed by atoms with van der Waals surface area (Å²) in [7, 11) is 1.62. The van der Waals surface area contributed by atoms with Gasteiger partial charge in [-0.3, -0.25) is 9.69 Å². The molecule has 7 nitrogen and oxygen atoms in total. The van der Waals surface area contributed by atoms with E-state index in [4.69, 9.17) is 13.9 Å². The van der Waals surface area contributed by atoms with E-state index in [1.807, 2.05) is 4.31 Å². The number of benzene rings is 1. The van der Waals surface area contributed by atoms with Crippen LogP contribution in [0.1, 0.15) is 29.7 Å². The van der Waals surface area contributed by atoms with Crippen LogP contribution >= 0.6 is 0 Å². The molecule has 0 amide bonds. The highest BCUT2D eigenvalue weighted by molar-refractivity contribution is 7.89. The fourth-order valence-electron chi connectivity index (χ4n) is 4.13. The van der Waals surface area contributed by atoms with Crippen molar-refractivity contribution < 1.29 is 18.4 Å². The van der Waals surface area contributed by atoms with E-state index in [1.54, 1.807) is 13.2 Å². The van der Waals surface area contributed by atoms with Crippen molar-refractivity contribution in [2.24, 2.45) is 5.92 Å². The van der Waals surface area contributed by atoms with E-state index in [-0.39, 0.29) is 11.2 Å². The summed E-state index contributed by atoms with van der Waals surface area (Å²) in [5.41, 5.74) is 2.52. The van der Waals surface area contributed by atoms with Crippen LogP contribution in [0.4, 0.5) is 0 Å². The van der Waals surface area contributed by atoms with Crippen molar-refractivity contribution in [2.45, 2.75) is 32.5 Å². The first-order valence-electron chi connectivity index (χ1n) is 10.8. The first-order chi connectivity index (χ1) is 15.1. The molecule has 2 aromatic rings. The van der Waals surface area contributed by atoms with Crippen molar-refractivity contribution in [2.75, 3.05) is 39.2 Å². The summed E-state index contributed by atoms with van der Waals surface area (Å²) < 4.78 is 30.7. The average molecular weight is 447 g/mol. The first-order valence-corrected chi connectivity index (χ1v) is 12.1. The van der Waals surface area contributed by atoms with E-state index in [2.05, 4.69) is 29.2 Å². The van der Waals surface area contributed by atoms with Crippen molar-refractivity contribution >= 4 is 11.4 Å². The number of fused-ring (bicyclic) bond motifs is 1. The molecule has 0 aliphatic carbocycles. The number of piperidine rings is 1. The predicted molar refractivity (Wildman–Crippen MR) is 119 cm³/mol. The number of hydrogen-bond donors (Lipinski definition) is 0. The van der Waals surface area contributed by atoms with Crippen LogP contribution in [0.15, 0.2) is 45.8 Å². The van der Waals surface area contributed by atoms with Gasteiger partial charge in [-0.15, -0.1) is 4.31 Å². The second kappa shape index (κ2) is 10.7. The third-order valence-corrected chi connectivity index (χ3v) is 7.39. The standard InChI is InChI=1S/C23H30N2O5S/c1-28-10-11-31(27)25-8-6-18(7-9-25)16-30-23-17-29-21(12-22(23)26)15-24-13-19-4-2-3-5-20(19)14-24/h2-5,12,17-18H,6-11,13-16H2,1H3. The van der Waals surface area contributed by atoms with Crippen LogP contribution in [0, 0.1) is 5.92 Å². The van der Waals surface area contributed by atoms with E-state index >= 15 is 0 Å². The highest BCUT2D eigenvalue weighted by Crippen LogP contribution is 2.24. The normalized spacial score (nSPS) is 18.8. The molecule has 2 aliphatic heterocycles. The summed E-state index contributed by atoms with van der Waals surface area (Å²) in [5, 5.41) is 0. The zero-order valence-corrected chi connectivity index (χ0v) is 18.8. The van der Waals surface area contributed by atoms with Gasteiger partial charge in [-0.25, -0.2) is 0 Å². The molecule has 1 unspecified atom stereocenters. The van der Waals surface area contributed by atoms with Gasteiger partial charge in [-0.05, 0) is 29.9 Å². The maximum atomic E-state index is 12.5. The summed E-state index contributed by atoms with van der Waals surface area (Å²) in [6.45, 7) is 4.87. The lowest BCUT2D eigenvalue weighted by atomic mass is 9.99. The molecule has 2 aliphatic rings. The molecule has 0 saturated carbocycles. The molecule has 4 rings (SSSR count). The zero-order valence-electron chi connectivity index (χ0n) is 18.0. The minimum absolute atomic E-state index is 0.143. The number of methoxy groups -OCH3 is 1. The molecule has 1 fully saturated rings. The average Bonchev–Trinajstić information content (AvgIpc) is 3.19. The van der Waals surface area contributed by atoms with Crippen LogP contribution in [-0.2, 0) is 35.7 Å². The number of ether oxygens (including phenoxy) is 2. The third-order valence-electron chi connectivity index (χ3n) is 5.94. The van der Waals surface area contributed by atoms with Crippen LogP contribution < -0.4 is 10.2 Å².